The van der Waals surface area contributed by atoms with Crippen LogP contribution in [0.4, 0.5) is 32.0 Å². The molecule has 1 heterocycles. The summed E-state index contributed by atoms with van der Waals surface area (Å²) in [6.07, 6.45) is 2.90. The van der Waals surface area contributed by atoms with E-state index in [9.17, 15) is 35.9 Å². The highest BCUT2D eigenvalue weighted by Gasteiger charge is 2.48. The molecule has 1 saturated carbocycles. The van der Waals surface area contributed by atoms with Crippen molar-refractivity contribution in [3.8, 4) is 0 Å². The summed E-state index contributed by atoms with van der Waals surface area (Å²) in [6, 6.07) is 3.72. The maximum absolute atomic E-state index is 14.1. The number of amides is 2. The molecule has 1 aliphatic carbocycles. The van der Waals surface area contributed by atoms with Crippen molar-refractivity contribution >= 4 is 40.9 Å². The lowest BCUT2D eigenvalue weighted by molar-refractivity contribution is -0.186. The number of thioether (sulfide) groups is 1. The maximum atomic E-state index is 14.1. The lowest BCUT2D eigenvalue weighted by Gasteiger charge is -2.43. The summed E-state index contributed by atoms with van der Waals surface area (Å²) < 4.78 is 81.5. The van der Waals surface area contributed by atoms with E-state index in [0.717, 1.165) is 30.6 Å². The molecule has 1 aromatic carbocycles. The van der Waals surface area contributed by atoms with Gasteiger partial charge in [0.2, 0.25) is 0 Å². The minimum absolute atomic E-state index is 0.0293. The molecule has 2 aromatic rings. The highest BCUT2D eigenvalue weighted by molar-refractivity contribution is 8.00. The Hall–Kier alpha value is -2.58. The van der Waals surface area contributed by atoms with Crippen molar-refractivity contribution < 1.29 is 40.7 Å². The fourth-order valence-corrected chi connectivity index (χ4v) is 4.32. The third kappa shape index (κ3) is 6.59. The van der Waals surface area contributed by atoms with Gasteiger partial charge in [-0.15, -0.1) is 0 Å². The second-order valence-corrected chi connectivity index (χ2v) is 9.40. The largest absolute Gasteiger partial charge is 0.446 e. The van der Waals surface area contributed by atoms with Crippen LogP contribution < -0.4 is 10.2 Å². The molecule has 1 fully saturated rings. The number of anilines is 1. The van der Waals surface area contributed by atoms with Gasteiger partial charge in [0, 0.05) is 34.6 Å². The van der Waals surface area contributed by atoms with Gasteiger partial charge in [-0.25, -0.2) is 14.4 Å². The zero-order valence-electron chi connectivity index (χ0n) is 18.4. The average molecular weight is 557 g/mol. The summed E-state index contributed by atoms with van der Waals surface area (Å²) >= 11 is 5.04. The van der Waals surface area contributed by atoms with Crippen molar-refractivity contribution in [2.24, 2.45) is 0 Å². The number of carbonyl (C=O) groups excluding carboxylic acids is 2. The van der Waals surface area contributed by atoms with Crippen LogP contribution >= 0.6 is 23.4 Å². The zero-order valence-corrected chi connectivity index (χ0v) is 20.0. The molecule has 7 nitrogen and oxygen atoms in total. The van der Waals surface area contributed by atoms with Gasteiger partial charge in [0.1, 0.15) is 6.33 Å². The van der Waals surface area contributed by atoms with Crippen LogP contribution in [0.2, 0.25) is 0 Å². The highest BCUT2D eigenvalue weighted by atomic mass is 35.5. The number of ether oxygens (including phenoxy) is 1. The summed E-state index contributed by atoms with van der Waals surface area (Å²) in [7, 11) is 0. The van der Waals surface area contributed by atoms with Crippen molar-refractivity contribution in [2.45, 2.75) is 60.1 Å². The molecular weight excluding hydrogens is 538 g/mol. The normalized spacial score (nSPS) is 20.2. The van der Waals surface area contributed by atoms with Crippen molar-refractivity contribution in [3.63, 3.8) is 0 Å². The van der Waals surface area contributed by atoms with Gasteiger partial charge >= 0.3 is 12.1 Å². The van der Waals surface area contributed by atoms with Gasteiger partial charge in [0.05, 0.1) is 6.10 Å². The molecule has 2 atom stereocenters. The number of alkyl halides is 7. The van der Waals surface area contributed by atoms with E-state index in [0.29, 0.717) is 4.90 Å². The van der Waals surface area contributed by atoms with Crippen LogP contribution in [0.5, 0.6) is 0 Å². The Bertz CT molecular complexity index is 1060. The molecule has 3 rings (SSSR count). The van der Waals surface area contributed by atoms with E-state index in [4.69, 9.17) is 11.6 Å². The van der Waals surface area contributed by atoms with Crippen molar-refractivity contribution in [1.29, 1.82) is 0 Å². The van der Waals surface area contributed by atoms with Gasteiger partial charge in [-0.2, -0.15) is 22.0 Å². The van der Waals surface area contributed by atoms with Gasteiger partial charge in [-0.3, -0.25) is 14.5 Å². The third-order valence-corrected chi connectivity index (χ3v) is 6.40. The molecule has 1 aromatic heterocycles. The number of nitrogens with zero attached hydrogens (tertiary/aromatic N) is 3. The molecule has 1 N–H and O–H groups in total. The van der Waals surface area contributed by atoms with E-state index < -0.39 is 59.0 Å². The number of rotatable bonds is 9. The molecule has 2 amide bonds. The first kappa shape index (κ1) is 28.0. The molecule has 0 bridgehead atoms. The van der Waals surface area contributed by atoms with Crippen molar-refractivity contribution in [3.05, 3.63) is 48.5 Å². The molecule has 0 unspecified atom stereocenters. The minimum atomic E-state index is -4.57. The molecule has 0 aliphatic heterocycles. The van der Waals surface area contributed by atoms with Crippen LogP contribution in [-0.2, 0) is 19.9 Å². The van der Waals surface area contributed by atoms with Crippen molar-refractivity contribution in [2.75, 3.05) is 4.90 Å². The fourth-order valence-electron chi connectivity index (χ4n) is 3.68. The van der Waals surface area contributed by atoms with E-state index in [-0.39, 0.29) is 29.0 Å². The molecule has 15 heteroatoms. The molecule has 0 radical (unpaired) electrons. The number of halogens is 7. The predicted octanol–water partition coefficient (Wildman–Crippen LogP) is 4.76. The average Bonchev–Trinajstić information content (AvgIpc) is 2.77. The Morgan fingerprint density at radius 1 is 1.14 bits per heavy atom. The quantitative estimate of drug-likeness (QED) is 0.272. The maximum Gasteiger partial charge on any atom is 0.446 e. The number of carbonyl (C=O) groups is 2. The van der Waals surface area contributed by atoms with Gasteiger partial charge in [-0.05, 0) is 55.8 Å². The van der Waals surface area contributed by atoms with Crippen LogP contribution in [0.15, 0.2) is 47.9 Å². The first-order valence-corrected chi connectivity index (χ1v) is 11.5. The highest BCUT2D eigenvalue weighted by Crippen LogP contribution is 2.40. The molecule has 1 aliphatic rings. The smallest absolute Gasteiger partial charge is 0.351 e. The summed E-state index contributed by atoms with van der Waals surface area (Å²) in [5.41, 5.74) is -9.32. The predicted molar refractivity (Wildman–Crippen MR) is 118 cm³/mol. The molecular formula is C21H19ClF6N4O3S. The molecule has 196 valence electrons. The van der Waals surface area contributed by atoms with E-state index in [1.807, 2.05) is 0 Å². The summed E-state index contributed by atoms with van der Waals surface area (Å²) in [5, 5.41) is 2.61. The summed E-state index contributed by atoms with van der Waals surface area (Å²) in [5.74, 6) is -2.22. The van der Waals surface area contributed by atoms with E-state index >= 15 is 0 Å². The van der Waals surface area contributed by atoms with Crippen LogP contribution in [0, 0.1) is 0 Å². The number of benzene rings is 1. The van der Waals surface area contributed by atoms with Crippen molar-refractivity contribution in [1.82, 2.24) is 15.3 Å². The minimum Gasteiger partial charge on any atom is -0.351 e. The van der Waals surface area contributed by atoms with Gasteiger partial charge < -0.3 is 10.1 Å². The Morgan fingerprint density at radius 2 is 1.72 bits per heavy atom. The van der Waals surface area contributed by atoms with E-state index in [2.05, 4.69) is 20.0 Å². The van der Waals surface area contributed by atoms with Crippen LogP contribution in [0.3, 0.4) is 0 Å². The molecule has 0 spiro atoms. The van der Waals surface area contributed by atoms with Gasteiger partial charge in [-0.1, -0.05) is 11.6 Å². The first-order valence-electron chi connectivity index (χ1n) is 10.3. The lowest BCUT2D eigenvalue weighted by atomic mass is 9.85. The lowest BCUT2D eigenvalue weighted by Crippen LogP contribution is -2.61. The SMILES string of the molecule is C[C@@](C(=O)NC1CC(OC(F)F)C1)(c1cncnc1)N(C(=O)[C@H](F)Cl)c1ccc(SC(F)(F)F)cc1. The Kier molecular flexibility index (Phi) is 8.72. The zero-order chi connectivity index (χ0) is 26.7. The van der Waals surface area contributed by atoms with E-state index in [1.165, 1.54) is 19.3 Å². The summed E-state index contributed by atoms with van der Waals surface area (Å²) in [6.45, 7) is -1.72. The number of nitrogens with one attached hydrogen (secondary N) is 1. The second kappa shape index (κ2) is 11.2. The fraction of sp³-hybridized carbons (Fsp3) is 0.429. The molecule has 0 saturated heterocycles. The number of hydrogen-bond donors (Lipinski definition) is 1. The van der Waals surface area contributed by atoms with Gasteiger partial charge in [0.15, 0.2) is 5.54 Å². The Morgan fingerprint density at radius 3 is 2.22 bits per heavy atom. The van der Waals surface area contributed by atoms with Crippen LogP contribution in [0.25, 0.3) is 0 Å². The third-order valence-electron chi connectivity index (χ3n) is 5.47. The van der Waals surface area contributed by atoms with Crippen LogP contribution in [-0.4, -0.2) is 51.7 Å². The number of hydrogen-bond acceptors (Lipinski definition) is 6. The topological polar surface area (TPSA) is 84.4 Å². The Balaban J connectivity index is 1.99. The van der Waals surface area contributed by atoms with Crippen LogP contribution in [0.1, 0.15) is 25.3 Å². The molecule has 36 heavy (non-hydrogen) atoms. The monoisotopic (exact) mass is 556 g/mol. The first-order chi connectivity index (χ1) is 16.8. The standard InChI is InChI=1S/C21H19ClF6N4O3S/c1-20(11-8-29-10-30-9-11,18(34)31-12-6-14(7-12)35-19(24)25)32(17(33)16(22)23)13-2-4-15(5-3-13)36-21(26,27)28/h2-5,8-10,12,14,16,19H,6-7H2,1H3,(H,31,34)/t12?,14?,16-,20-/m0/s1. The summed E-state index contributed by atoms with van der Waals surface area (Å²) in [4.78, 5) is 34.6. The van der Waals surface area contributed by atoms with E-state index in [1.54, 1.807) is 0 Å². The second-order valence-electron chi connectivity index (χ2n) is 7.88. The van der Waals surface area contributed by atoms with Gasteiger partial charge in [0.25, 0.3) is 17.4 Å². The Labute approximate surface area is 210 Å². The number of aromatic nitrogens is 2.